The zero-order valence-corrected chi connectivity index (χ0v) is 15.6. The lowest BCUT2D eigenvalue weighted by Gasteiger charge is -2.11. The maximum absolute atomic E-state index is 5.66. The number of rotatable bonds is 5. The molecule has 1 aromatic heterocycles. The molecule has 0 amide bonds. The Morgan fingerprint density at radius 3 is 2.52 bits per heavy atom. The summed E-state index contributed by atoms with van der Waals surface area (Å²) >= 11 is 0. The van der Waals surface area contributed by atoms with E-state index < -0.39 is 0 Å². The Bertz CT molecular complexity index is 982. The smallest absolute Gasteiger partial charge is 0.118 e. The second kappa shape index (κ2) is 7.68. The van der Waals surface area contributed by atoms with Crippen molar-refractivity contribution in [2.45, 2.75) is 31.6 Å². The van der Waals surface area contributed by atoms with Crippen molar-refractivity contribution in [3.63, 3.8) is 0 Å². The van der Waals surface area contributed by atoms with Gasteiger partial charge in [0.2, 0.25) is 0 Å². The molecule has 2 nitrogen and oxygen atoms in total. The van der Waals surface area contributed by atoms with Crippen molar-refractivity contribution in [1.82, 2.24) is 4.98 Å². The third-order valence-electron chi connectivity index (χ3n) is 5.51. The van der Waals surface area contributed by atoms with E-state index in [4.69, 9.17) is 11.2 Å². The summed E-state index contributed by atoms with van der Waals surface area (Å²) in [5.74, 6) is 4.16. The highest BCUT2D eigenvalue weighted by Gasteiger charge is 2.24. The summed E-state index contributed by atoms with van der Waals surface area (Å²) in [4.78, 5) is 4.16. The number of pyridine rings is 1. The van der Waals surface area contributed by atoms with Gasteiger partial charge in [0, 0.05) is 18.0 Å². The normalized spacial score (nSPS) is 15.2. The first-order valence-electron chi connectivity index (χ1n) is 9.41. The lowest BCUT2D eigenvalue weighted by atomic mass is 9.93. The van der Waals surface area contributed by atoms with Gasteiger partial charge in [-0.25, -0.2) is 0 Å². The first-order valence-corrected chi connectivity index (χ1v) is 9.41. The monoisotopic (exact) mass is 353 g/mol. The zero-order chi connectivity index (χ0) is 18.6. The summed E-state index contributed by atoms with van der Waals surface area (Å²) in [7, 11) is 1.70. The molecule has 0 saturated carbocycles. The van der Waals surface area contributed by atoms with Gasteiger partial charge in [0.1, 0.15) is 5.75 Å². The first kappa shape index (κ1) is 17.4. The summed E-state index contributed by atoms with van der Waals surface area (Å²) in [6.07, 6.45) is 13.5. The summed E-state index contributed by atoms with van der Waals surface area (Å²) in [6, 6.07) is 17.4. The Balaban J connectivity index is 1.45. The molecule has 2 aromatic carbocycles. The third-order valence-corrected chi connectivity index (χ3v) is 5.51. The van der Waals surface area contributed by atoms with Crippen molar-refractivity contribution >= 4 is 0 Å². The minimum atomic E-state index is 0.464. The Hall–Kier alpha value is -3.05. The van der Waals surface area contributed by atoms with Gasteiger partial charge in [-0.05, 0) is 77.6 Å². The fraction of sp³-hybridized carbons (Fsp3) is 0.240. The molecular formula is C25H23NO. The van der Waals surface area contributed by atoms with Gasteiger partial charge < -0.3 is 4.74 Å². The Kier molecular flexibility index (Phi) is 4.94. The van der Waals surface area contributed by atoms with E-state index in [2.05, 4.69) is 47.3 Å². The minimum absolute atomic E-state index is 0.464. The number of aromatic nitrogens is 1. The van der Waals surface area contributed by atoms with Gasteiger partial charge in [0.25, 0.3) is 0 Å². The van der Waals surface area contributed by atoms with E-state index in [1.807, 2.05) is 18.3 Å². The van der Waals surface area contributed by atoms with Crippen LogP contribution in [0.2, 0.25) is 0 Å². The van der Waals surface area contributed by atoms with Gasteiger partial charge in [-0.3, -0.25) is 4.98 Å². The number of nitrogens with zero attached hydrogens (tertiary/aromatic N) is 1. The van der Waals surface area contributed by atoms with Gasteiger partial charge in [0.15, 0.2) is 0 Å². The molecule has 0 saturated heterocycles. The number of ether oxygens (including phenoxy) is 1. The van der Waals surface area contributed by atoms with Crippen LogP contribution in [-0.2, 0) is 25.7 Å². The van der Waals surface area contributed by atoms with Crippen LogP contribution in [-0.4, -0.2) is 12.1 Å². The lowest BCUT2D eigenvalue weighted by molar-refractivity contribution is 0.414. The summed E-state index contributed by atoms with van der Waals surface area (Å²) in [5.41, 5.74) is 7.83. The summed E-state index contributed by atoms with van der Waals surface area (Å²) in [6.45, 7) is 0. The van der Waals surface area contributed by atoms with Crippen LogP contribution >= 0.6 is 0 Å². The molecule has 1 aliphatic carbocycles. The number of aryl methyl sites for hydroxylation is 2. The van der Waals surface area contributed by atoms with Crippen LogP contribution in [0, 0.1) is 12.3 Å². The number of fused-ring (bicyclic) bond motifs is 1. The predicted molar refractivity (Wildman–Crippen MR) is 109 cm³/mol. The van der Waals surface area contributed by atoms with E-state index in [-0.39, 0.29) is 0 Å². The molecule has 1 heterocycles. The molecule has 134 valence electrons. The summed E-state index contributed by atoms with van der Waals surface area (Å²) < 4.78 is 5.23. The van der Waals surface area contributed by atoms with Crippen LogP contribution in [0.3, 0.4) is 0 Å². The van der Waals surface area contributed by atoms with Gasteiger partial charge in [0.05, 0.1) is 7.11 Å². The fourth-order valence-corrected chi connectivity index (χ4v) is 4.01. The van der Waals surface area contributed by atoms with Gasteiger partial charge >= 0.3 is 0 Å². The number of methoxy groups -OCH3 is 1. The molecule has 1 atom stereocenters. The molecule has 0 radical (unpaired) electrons. The maximum Gasteiger partial charge on any atom is 0.118 e. The topological polar surface area (TPSA) is 22.1 Å². The van der Waals surface area contributed by atoms with Gasteiger partial charge in [-0.1, -0.05) is 36.3 Å². The van der Waals surface area contributed by atoms with E-state index in [9.17, 15) is 0 Å². The highest BCUT2D eigenvalue weighted by Crippen LogP contribution is 2.35. The van der Waals surface area contributed by atoms with Crippen molar-refractivity contribution in [2.24, 2.45) is 0 Å². The molecule has 0 spiro atoms. The Morgan fingerprint density at radius 1 is 1.00 bits per heavy atom. The first-order chi connectivity index (χ1) is 13.3. The van der Waals surface area contributed by atoms with Gasteiger partial charge in [-0.2, -0.15) is 0 Å². The average Bonchev–Trinajstić information content (AvgIpc) is 3.15. The molecule has 0 aliphatic heterocycles. The van der Waals surface area contributed by atoms with Crippen LogP contribution < -0.4 is 4.74 Å². The molecule has 27 heavy (non-hydrogen) atoms. The third kappa shape index (κ3) is 3.73. The molecule has 0 N–H and O–H groups in total. The molecule has 2 heteroatoms. The zero-order valence-electron chi connectivity index (χ0n) is 15.6. The highest BCUT2D eigenvalue weighted by molar-refractivity contribution is 5.46. The van der Waals surface area contributed by atoms with Crippen LogP contribution in [0.25, 0.3) is 0 Å². The number of hydrogen-bond acceptors (Lipinski definition) is 2. The highest BCUT2D eigenvalue weighted by atomic mass is 16.5. The molecule has 1 aliphatic rings. The molecule has 3 aromatic rings. The van der Waals surface area contributed by atoms with Crippen molar-refractivity contribution in [1.29, 1.82) is 0 Å². The second-order valence-corrected chi connectivity index (χ2v) is 7.16. The lowest BCUT2D eigenvalue weighted by Crippen LogP contribution is -2.01. The quantitative estimate of drug-likeness (QED) is 0.618. The van der Waals surface area contributed by atoms with E-state index in [0.717, 1.165) is 37.0 Å². The molecule has 0 fully saturated rings. The van der Waals surface area contributed by atoms with Crippen molar-refractivity contribution < 1.29 is 4.74 Å². The van der Waals surface area contributed by atoms with Crippen molar-refractivity contribution in [3.8, 4) is 18.1 Å². The molecule has 1 unspecified atom stereocenters. The van der Waals surface area contributed by atoms with Gasteiger partial charge in [-0.15, -0.1) is 6.42 Å². The average molecular weight is 353 g/mol. The number of hydrogen-bond donors (Lipinski definition) is 0. The minimum Gasteiger partial charge on any atom is -0.497 e. The summed E-state index contributed by atoms with van der Waals surface area (Å²) in [5, 5.41) is 0. The van der Waals surface area contributed by atoms with Crippen LogP contribution in [0.1, 0.15) is 39.3 Å². The molecular weight excluding hydrogens is 330 g/mol. The van der Waals surface area contributed by atoms with E-state index in [1.54, 1.807) is 13.3 Å². The standard InChI is InChI=1S/C25H23NO/c1-3-20-17-26-13-12-25(20)23-15-21-9-6-19(14-22(21)16-23)5-4-18-7-10-24(27-2)11-8-18/h1,6-14,17,23H,4-5,15-16H2,2H3. The second-order valence-electron chi connectivity index (χ2n) is 7.16. The Labute approximate surface area is 161 Å². The fourth-order valence-electron chi connectivity index (χ4n) is 4.01. The largest absolute Gasteiger partial charge is 0.497 e. The van der Waals surface area contributed by atoms with E-state index >= 15 is 0 Å². The van der Waals surface area contributed by atoms with E-state index in [0.29, 0.717) is 5.92 Å². The predicted octanol–water partition coefficient (Wildman–Crippen LogP) is 4.74. The van der Waals surface area contributed by atoms with Crippen LogP contribution in [0.15, 0.2) is 60.9 Å². The maximum atomic E-state index is 5.66. The Morgan fingerprint density at radius 2 is 1.74 bits per heavy atom. The van der Waals surface area contributed by atoms with Crippen molar-refractivity contribution in [3.05, 3.63) is 94.3 Å². The number of benzene rings is 2. The molecule has 4 rings (SSSR count). The van der Waals surface area contributed by atoms with E-state index in [1.165, 1.54) is 27.8 Å². The van der Waals surface area contributed by atoms with Crippen LogP contribution in [0.4, 0.5) is 0 Å². The van der Waals surface area contributed by atoms with Crippen molar-refractivity contribution in [2.75, 3.05) is 7.11 Å². The van der Waals surface area contributed by atoms with Crippen LogP contribution in [0.5, 0.6) is 5.75 Å². The molecule has 0 bridgehead atoms. The number of terminal acetylenes is 1. The SMILES string of the molecule is C#Cc1cnccc1C1Cc2ccc(CCc3ccc(OC)cc3)cc2C1.